The third-order valence-electron chi connectivity index (χ3n) is 4.41. The van der Waals surface area contributed by atoms with E-state index in [0.29, 0.717) is 0 Å². The van der Waals surface area contributed by atoms with Gasteiger partial charge in [-0.1, -0.05) is 6.07 Å². The van der Waals surface area contributed by atoms with Gasteiger partial charge in [-0.3, -0.25) is 4.79 Å². The van der Waals surface area contributed by atoms with Gasteiger partial charge in [0.25, 0.3) is 5.91 Å². The predicted octanol–water partition coefficient (Wildman–Crippen LogP) is 0.637. The van der Waals surface area contributed by atoms with Crippen molar-refractivity contribution < 1.29 is 9.53 Å². The Labute approximate surface area is 133 Å². The summed E-state index contributed by atoms with van der Waals surface area (Å²) in [5.41, 5.74) is 1.26. The zero-order valence-electron chi connectivity index (χ0n) is 12.7. The van der Waals surface area contributed by atoms with Crippen LogP contribution in [0.5, 0.6) is 0 Å². The van der Waals surface area contributed by atoms with Crippen LogP contribution in [0.15, 0.2) is 30.6 Å². The monoisotopic (exact) mass is 314 g/mol. The van der Waals surface area contributed by atoms with E-state index in [2.05, 4.69) is 31.8 Å². The average molecular weight is 314 g/mol. The second kappa shape index (κ2) is 5.62. The molecule has 1 N–H and O–H groups in total. The van der Waals surface area contributed by atoms with Gasteiger partial charge in [0.1, 0.15) is 11.9 Å². The maximum Gasteiger partial charge on any atom is 0.252 e. The molecule has 2 fully saturated rings. The number of nitrogens with one attached hydrogen (secondary N) is 1. The Bertz CT molecular complexity index is 692. The number of tetrazole rings is 1. The first-order valence-corrected chi connectivity index (χ1v) is 7.76. The van der Waals surface area contributed by atoms with Crippen LogP contribution in [0.3, 0.4) is 0 Å². The van der Waals surface area contributed by atoms with Crippen LogP contribution in [0, 0.1) is 0 Å². The number of hydrogen-bond donors (Lipinski definition) is 1. The van der Waals surface area contributed by atoms with Crippen LogP contribution in [-0.2, 0) is 15.1 Å². The highest BCUT2D eigenvalue weighted by atomic mass is 16.5. The second-order valence-corrected chi connectivity index (χ2v) is 5.89. The molecule has 8 nitrogen and oxygen atoms in total. The molecule has 120 valence electrons. The standard InChI is InChI=1S/C15H18N6O2/c22-14(15(4-5-15)21-11-16-18-19-21)17-12-2-1-3-13(10-12)20-6-8-23-9-7-20/h1-3,10-11H,4-9H2,(H,17,22). The van der Waals surface area contributed by atoms with Crippen LogP contribution in [0.1, 0.15) is 12.8 Å². The Morgan fingerprint density at radius 1 is 1.26 bits per heavy atom. The zero-order chi connectivity index (χ0) is 15.7. The van der Waals surface area contributed by atoms with Gasteiger partial charge in [-0.2, -0.15) is 0 Å². The molecule has 0 atom stereocenters. The van der Waals surface area contributed by atoms with Crippen molar-refractivity contribution in [1.29, 1.82) is 0 Å². The molecule has 1 aliphatic heterocycles. The van der Waals surface area contributed by atoms with E-state index < -0.39 is 5.54 Å². The molecule has 0 radical (unpaired) electrons. The number of benzene rings is 1. The van der Waals surface area contributed by atoms with Gasteiger partial charge in [0.05, 0.1) is 13.2 Å². The van der Waals surface area contributed by atoms with Crippen LogP contribution in [0.25, 0.3) is 0 Å². The van der Waals surface area contributed by atoms with E-state index in [4.69, 9.17) is 4.74 Å². The normalized spacial score (nSPS) is 19.4. The van der Waals surface area contributed by atoms with Gasteiger partial charge >= 0.3 is 0 Å². The van der Waals surface area contributed by atoms with Crippen molar-refractivity contribution in [3.05, 3.63) is 30.6 Å². The summed E-state index contributed by atoms with van der Waals surface area (Å²) >= 11 is 0. The third-order valence-corrected chi connectivity index (χ3v) is 4.41. The topological polar surface area (TPSA) is 85.2 Å². The van der Waals surface area contributed by atoms with Crippen molar-refractivity contribution >= 4 is 17.3 Å². The average Bonchev–Trinajstić information content (AvgIpc) is 3.23. The van der Waals surface area contributed by atoms with E-state index in [-0.39, 0.29) is 5.91 Å². The lowest BCUT2D eigenvalue weighted by atomic mass is 10.2. The molecular weight excluding hydrogens is 296 g/mol. The van der Waals surface area contributed by atoms with Gasteiger partial charge in [-0.25, -0.2) is 4.68 Å². The summed E-state index contributed by atoms with van der Waals surface area (Å²) in [5.74, 6) is -0.0658. The number of morpholine rings is 1. The quantitative estimate of drug-likeness (QED) is 0.891. The van der Waals surface area contributed by atoms with Crippen molar-refractivity contribution in [2.24, 2.45) is 0 Å². The van der Waals surface area contributed by atoms with Gasteiger partial charge < -0.3 is 15.0 Å². The van der Waals surface area contributed by atoms with E-state index in [0.717, 1.165) is 50.5 Å². The van der Waals surface area contributed by atoms with E-state index in [1.807, 2.05) is 18.2 Å². The van der Waals surface area contributed by atoms with Gasteiger partial charge in [-0.15, -0.1) is 5.10 Å². The summed E-state index contributed by atoms with van der Waals surface area (Å²) in [5, 5.41) is 14.1. The van der Waals surface area contributed by atoms with Crippen molar-refractivity contribution in [1.82, 2.24) is 20.2 Å². The molecule has 2 heterocycles. The predicted molar refractivity (Wildman–Crippen MR) is 83.1 cm³/mol. The van der Waals surface area contributed by atoms with E-state index >= 15 is 0 Å². The van der Waals surface area contributed by atoms with Crippen LogP contribution >= 0.6 is 0 Å². The summed E-state index contributed by atoms with van der Waals surface area (Å²) in [6, 6.07) is 7.91. The fourth-order valence-corrected chi connectivity index (χ4v) is 2.89. The number of aromatic nitrogens is 4. The second-order valence-electron chi connectivity index (χ2n) is 5.89. The fraction of sp³-hybridized carbons (Fsp3) is 0.467. The summed E-state index contributed by atoms with van der Waals surface area (Å²) in [7, 11) is 0. The Morgan fingerprint density at radius 2 is 2.09 bits per heavy atom. The lowest BCUT2D eigenvalue weighted by Gasteiger charge is -2.29. The van der Waals surface area contributed by atoms with Crippen molar-refractivity contribution in [3.8, 4) is 0 Å². The molecular formula is C15H18N6O2. The minimum absolute atomic E-state index is 0.0658. The van der Waals surface area contributed by atoms with E-state index in [1.54, 1.807) is 4.68 Å². The Balaban J connectivity index is 1.50. The first-order chi connectivity index (χ1) is 11.3. The number of rotatable bonds is 4. The van der Waals surface area contributed by atoms with Gasteiger partial charge in [0.15, 0.2) is 0 Å². The first kappa shape index (κ1) is 14.1. The summed E-state index contributed by atoms with van der Waals surface area (Å²) in [4.78, 5) is 14.9. The first-order valence-electron chi connectivity index (χ1n) is 7.76. The smallest absolute Gasteiger partial charge is 0.252 e. The summed E-state index contributed by atoms with van der Waals surface area (Å²) in [6.07, 6.45) is 3.01. The number of hydrogen-bond acceptors (Lipinski definition) is 6. The molecule has 0 unspecified atom stereocenters. The number of carbonyl (C=O) groups excluding carboxylic acids is 1. The molecule has 1 aromatic heterocycles. The molecule has 8 heteroatoms. The minimum atomic E-state index is -0.627. The van der Waals surface area contributed by atoms with Crippen molar-refractivity contribution in [2.45, 2.75) is 18.4 Å². The highest BCUT2D eigenvalue weighted by Gasteiger charge is 2.53. The Hall–Kier alpha value is -2.48. The van der Waals surface area contributed by atoms with E-state index in [1.165, 1.54) is 6.33 Å². The molecule has 23 heavy (non-hydrogen) atoms. The lowest BCUT2D eigenvalue weighted by molar-refractivity contribution is -0.120. The summed E-state index contributed by atoms with van der Waals surface area (Å²) in [6.45, 7) is 3.20. The molecule has 2 aromatic rings. The Morgan fingerprint density at radius 3 is 2.78 bits per heavy atom. The lowest BCUT2D eigenvalue weighted by Crippen LogP contribution is -2.36. The largest absolute Gasteiger partial charge is 0.378 e. The molecule has 2 aliphatic rings. The van der Waals surface area contributed by atoms with E-state index in [9.17, 15) is 4.79 Å². The number of ether oxygens (including phenoxy) is 1. The zero-order valence-corrected chi connectivity index (χ0v) is 12.7. The maximum absolute atomic E-state index is 12.6. The molecule has 1 aliphatic carbocycles. The SMILES string of the molecule is O=C(Nc1cccc(N2CCOCC2)c1)C1(n2cnnn2)CC1. The maximum atomic E-state index is 12.6. The van der Waals surface area contributed by atoms with Crippen molar-refractivity contribution in [3.63, 3.8) is 0 Å². The Kier molecular flexibility index (Phi) is 3.45. The van der Waals surface area contributed by atoms with Gasteiger partial charge in [0, 0.05) is 24.5 Å². The van der Waals surface area contributed by atoms with Crippen LogP contribution in [0.2, 0.25) is 0 Å². The molecule has 0 bridgehead atoms. The molecule has 1 amide bonds. The molecule has 4 rings (SSSR count). The van der Waals surface area contributed by atoms with Crippen LogP contribution in [0.4, 0.5) is 11.4 Å². The highest BCUT2D eigenvalue weighted by Crippen LogP contribution is 2.43. The number of nitrogens with zero attached hydrogens (tertiary/aromatic N) is 5. The molecule has 1 saturated heterocycles. The molecule has 0 spiro atoms. The highest BCUT2D eigenvalue weighted by molar-refractivity contribution is 5.98. The van der Waals surface area contributed by atoms with Crippen molar-refractivity contribution in [2.75, 3.05) is 36.5 Å². The van der Waals surface area contributed by atoms with Gasteiger partial charge in [-0.05, 0) is 41.5 Å². The fourth-order valence-electron chi connectivity index (χ4n) is 2.89. The minimum Gasteiger partial charge on any atom is -0.378 e. The molecule has 1 aromatic carbocycles. The molecule has 1 saturated carbocycles. The van der Waals surface area contributed by atoms with Gasteiger partial charge in [0.2, 0.25) is 0 Å². The number of carbonyl (C=O) groups is 1. The number of anilines is 2. The third kappa shape index (κ3) is 2.65. The van der Waals surface area contributed by atoms with Crippen LogP contribution < -0.4 is 10.2 Å². The number of amides is 1. The van der Waals surface area contributed by atoms with Crippen LogP contribution in [-0.4, -0.2) is 52.4 Å². The summed E-state index contributed by atoms with van der Waals surface area (Å²) < 4.78 is 6.93.